The fourth-order valence-electron chi connectivity index (χ4n) is 3.40. The molecule has 9 heteroatoms. The van der Waals surface area contributed by atoms with E-state index in [0.29, 0.717) is 22.9 Å². The highest BCUT2D eigenvalue weighted by Crippen LogP contribution is 2.34. The van der Waals surface area contributed by atoms with Crippen molar-refractivity contribution < 1.29 is 18.0 Å². The maximum atomic E-state index is 13.2. The van der Waals surface area contributed by atoms with E-state index in [4.69, 9.17) is 11.6 Å². The summed E-state index contributed by atoms with van der Waals surface area (Å²) in [5.41, 5.74) is -0.767. The zero-order valence-corrected chi connectivity index (χ0v) is 17.8. The highest BCUT2D eigenvalue weighted by molar-refractivity contribution is 7.92. The van der Waals surface area contributed by atoms with Gasteiger partial charge >= 0.3 is 0 Å². The van der Waals surface area contributed by atoms with Gasteiger partial charge in [-0.25, -0.2) is 13.1 Å². The molecule has 2 heterocycles. The molecular formula is C20H17ClN2O4S2. The molecule has 2 amide bonds. The van der Waals surface area contributed by atoms with Crippen LogP contribution < -0.4 is 4.72 Å². The number of nitrogens with one attached hydrogen (secondary N) is 1. The van der Waals surface area contributed by atoms with Gasteiger partial charge in [0.05, 0.1) is 4.34 Å². The standard InChI is InChI=1S/C20H17ClN2O4S2/c1-20(19(25)22-29(26,27)17-10-9-16(21)28-17)11-12-23(20)18(24)15-8-4-6-13-5-2-3-7-14(13)15/h2-10H,11-12H2,1H3,(H,22,25). The van der Waals surface area contributed by atoms with Crippen LogP contribution in [0.5, 0.6) is 0 Å². The van der Waals surface area contributed by atoms with Gasteiger partial charge < -0.3 is 4.90 Å². The Morgan fingerprint density at radius 2 is 1.83 bits per heavy atom. The molecule has 6 nitrogen and oxygen atoms in total. The van der Waals surface area contributed by atoms with Crippen LogP contribution in [-0.2, 0) is 14.8 Å². The number of amides is 2. The SMILES string of the molecule is CC1(C(=O)NS(=O)(=O)c2ccc(Cl)s2)CCN1C(=O)c1cccc2ccccc12. The molecule has 0 aliphatic carbocycles. The second-order valence-electron chi connectivity index (χ2n) is 7.00. The van der Waals surface area contributed by atoms with Crippen LogP contribution in [0.2, 0.25) is 4.34 Å². The van der Waals surface area contributed by atoms with Gasteiger partial charge in [0.2, 0.25) is 0 Å². The molecule has 1 unspecified atom stereocenters. The van der Waals surface area contributed by atoms with Crippen molar-refractivity contribution >= 4 is 55.5 Å². The molecule has 1 saturated heterocycles. The Bertz CT molecular complexity index is 1230. The smallest absolute Gasteiger partial charge is 0.273 e. The lowest BCUT2D eigenvalue weighted by atomic mass is 9.84. The minimum Gasteiger partial charge on any atom is -0.324 e. The van der Waals surface area contributed by atoms with Gasteiger partial charge in [-0.15, -0.1) is 11.3 Å². The van der Waals surface area contributed by atoms with Gasteiger partial charge in [0, 0.05) is 12.1 Å². The first-order valence-electron chi connectivity index (χ1n) is 8.85. The lowest BCUT2D eigenvalue weighted by Gasteiger charge is -2.48. The largest absolute Gasteiger partial charge is 0.324 e. The van der Waals surface area contributed by atoms with E-state index in [-0.39, 0.29) is 10.1 Å². The maximum Gasteiger partial charge on any atom is 0.273 e. The van der Waals surface area contributed by atoms with Crippen LogP contribution >= 0.6 is 22.9 Å². The molecule has 0 saturated carbocycles. The summed E-state index contributed by atoms with van der Waals surface area (Å²) in [4.78, 5) is 27.4. The molecule has 29 heavy (non-hydrogen) atoms. The normalized spacial score (nSPS) is 19.0. The van der Waals surface area contributed by atoms with Gasteiger partial charge in [0.15, 0.2) is 0 Å². The number of halogens is 1. The number of nitrogens with zero attached hydrogens (tertiary/aromatic N) is 1. The zero-order valence-electron chi connectivity index (χ0n) is 15.4. The number of carbonyl (C=O) groups is 2. The molecule has 1 fully saturated rings. The van der Waals surface area contributed by atoms with Crippen molar-refractivity contribution in [2.75, 3.05) is 6.54 Å². The summed E-state index contributed by atoms with van der Waals surface area (Å²) in [7, 11) is -4.05. The summed E-state index contributed by atoms with van der Waals surface area (Å²) in [6.45, 7) is 1.95. The summed E-state index contributed by atoms with van der Waals surface area (Å²) in [6, 6.07) is 15.7. The van der Waals surface area contributed by atoms with Gasteiger partial charge in [-0.3, -0.25) is 9.59 Å². The second kappa shape index (κ2) is 7.12. The molecule has 0 spiro atoms. The number of sulfonamides is 1. The van der Waals surface area contributed by atoms with Crippen LogP contribution in [-0.4, -0.2) is 37.2 Å². The van der Waals surface area contributed by atoms with Crippen LogP contribution in [0.4, 0.5) is 0 Å². The van der Waals surface area contributed by atoms with E-state index >= 15 is 0 Å². The quantitative estimate of drug-likeness (QED) is 0.660. The van der Waals surface area contributed by atoms with E-state index in [1.807, 2.05) is 30.3 Å². The molecule has 1 aliphatic heterocycles. The average molecular weight is 449 g/mol. The Kier molecular flexibility index (Phi) is 4.88. The Balaban J connectivity index is 1.60. The van der Waals surface area contributed by atoms with E-state index in [0.717, 1.165) is 22.1 Å². The summed E-state index contributed by atoms with van der Waals surface area (Å²) in [5, 5.41) is 1.71. The van der Waals surface area contributed by atoms with Crippen molar-refractivity contribution in [3.8, 4) is 0 Å². The third-order valence-electron chi connectivity index (χ3n) is 5.21. The van der Waals surface area contributed by atoms with E-state index in [1.165, 1.54) is 17.0 Å². The van der Waals surface area contributed by atoms with Crippen molar-refractivity contribution in [2.24, 2.45) is 0 Å². The van der Waals surface area contributed by atoms with Crippen LogP contribution in [0.1, 0.15) is 23.7 Å². The molecule has 150 valence electrons. The number of rotatable bonds is 4. The van der Waals surface area contributed by atoms with Gasteiger partial charge in [0.1, 0.15) is 9.75 Å². The van der Waals surface area contributed by atoms with Crippen molar-refractivity contribution in [2.45, 2.75) is 23.1 Å². The van der Waals surface area contributed by atoms with E-state index in [1.54, 1.807) is 19.1 Å². The van der Waals surface area contributed by atoms with Gasteiger partial charge in [0.25, 0.3) is 21.8 Å². The fourth-order valence-corrected chi connectivity index (χ4v) is 5.96. The molecule has 4 rings (SSSR count). The molecule has 1 aromatic heterocycles. The summed E-state index contributed by atoms with van der Waals surface area (Å²) < 4.78 is 27.3. The number of carbonyl (C=O) groups excluding carboxylic acids is 2. The van der Waals surface area contributed by atoms with Gasteiger partial charge in [-0.2, -0.15) is 0 Å². The number of likely N-dealkylation sites (tertiary alicyclic amines) is 1. The lowest BCUT2D eigenvalue weighted by Crippen LogP contribution is -2.67. The molecule has 1 atom stereocenters. The van der Waals surface area contributed by atoms with E-state index in [2.05, 4.69) is 4.72 Å². The molecule has 0 radical (unpaired) electrons. The van der Waals surface area contributed by atoms with Crippen LogP contribution in [0, 0.1) is 0 Å². The molecule has 1 N–H and O–H groups in total. The monoisotopic (exact) mass is 448 g/mol. The number of benzene rings is 2. The lowest BCUT2D eigenvalue weighted by molar-refractivity contribution is -0.135. The van der Waals surface area contributed by atoms with Crippen molar-refractivity contribution in [3.63, 3.8) is 0 Å². The van der Waals surface area contributed by atoms with E-state index < -0.39 is 21.5 Å². The molecular weight excluding hydrogens is 432 g/mol. The summed E-state index contributed by atoms with van der Waals surface area (Å²) >= 11 is 6.66. The van der Waals surface area contributed by atoms with Crippen LogP contribution in [0.3, 0.4) is 0 Å². The minimum absolute atomic E-state index is 0.0503. The Morgan fingerprint density at radius 3 is 2.48 bits per heavy atom. The molecule has 1 aliphatic rings. The van der Waals surface area contributed by atoms with Crippen LogP contribution in [0.25, 0.3) is 10.8 Å². The Labute approximate surface area is 177 Å². The van der Waals surface area contributed by atoms with Gasteiger partial charge in [-0.1, -0.05) is 48.0 Å². The third kappa shape index (κ3) is 3.41. The Hall–Kier alpha value is -2.42. The average Bonchev–Trinajstić information content (AvgIpc) is 3.13. The summed E-state index contributed by atoms with van der Waals surface area (Å²) in [5.74, 6) is -1.04. The highest BCUT2D eigenvalue weighted by Gasteiger charge is 2.50. The minimum atomic E-state index is -4.05. The predicted molar refractivity (Wildman–Crippen MR) is 113 cm³/mol. The fraction of sp³-hybridized carbons (Fsp3) is 0.200. The first kappa shape index (κ1) is 19.9. The third-order valence-corrected chi connectivity index (χ3v) is 8.27. The number of thiophene rings is 1. The first-order chi connectivity index (χ1) is 13.7. The number of hydrogen-bond acceptors (Lipinski definition) is 5. The molecule has 3 aromatic rings. The predicted octanol–water partition coefficient (Wildman–Crippen LogP) is 3.66. The highest BCUT2D eigenvalue weighted by atomic mass is 35.5. The van der Waals surface area contributed by atoms with Crippen molar-refractivity contribution in [3.05, 3.63) is 64.5 Å². The second-order valence-corrected chi connectivity index (χ2v) is 10.6. The van der Waals surface area contributed by atoms with Gasteiger partial charge in [-0.05, 0) is 42.3 Å². The topological polar surface area (TPSA) is 83.6 Å². The van der Waals surface area contributed by atoms with E-state index in [9.17, 15) is 18.0 Å². The maximum absolute atomic E-state index is 13.2. The van der Waals surface area contributed by atoms with Crippen LogP contribution in [0.15, 0.2) is 58.8 Å². The molecule has 2 aromatic carbocycles. The Morgan fingerprint density at radius 1 is 1.10 bits per heavy atom. The number of hydrogen-bond donors (Lipinski definition) is 1. The zero-order chi connectivity index (χ0) is 20.8. The van der Waals surface area contributed by atoms with Crippen molar-refractivity contribution in [1.29, 1.82) is 0 Å². The molecule has 0 bridgehead atoms. The summed E-state index contributed by atoms with van der Waals surface area (Å²) in [6.07, 6.45) is 0.371. The number of fused-ring (bicyclic) bond motifs is 1. The van der Waals surface area contributed by atoms with Crippen molar-refractivity contribution in [1.82, 2.24) is 9.62 Å². The first-order valence-corrected chi connectivity index (χ1v) is 11.5.